The summed E-state index contributed by atoms with van der Waals surface area (Å²) < 4.78 is 9.42. The summed E-state index contributed by atoms with van der Waals surface area (Å²) in [7, 11) is 0. The van der Waals surface area contributed by atoms with Crippen LogP contribution in [0, 0.1) is 0 Å². The van der Waals surface area contributed by atoms with E-state index in [1.54, 1.807) is 0 Å². The van der Waals surface area contributed by atoms with E-state index in [1.807, 2.05) is 133 Å². The lowest BCUT2D eigenvalue weighted by atomic mass is 9.67. The van der Waals surface area contributed by atoms with Gasteiger partial charge in [-0.25, -0.2) is 29.9 Å². The monoisotopic (exact) mass is 1570 g/mol. The van der Waals surface area contributed by atoms with Crippen LogP contribution in [-0.4, -0.2) is 29.9 Å². The minimum Gasteiger partial charge on any atom is -0.456 e. The first-order valence-electron chi connectivity index (χ1n) is 41.4. The lowest BCUT2D eigenvalue weighted by Gasteiger charge is -2.34. The lowest BCUT2D eigenvalue weighted by molar-refractivity contribution is 0.665. The van der Waals surface area contributed by atoms with E-state index in [0.29, 0.717) is 34.9 Å². The van der Waals surface area contributed by atoms with Crippen LogP contribution in [0.4, 0.5) is 0 Å². The molecule has 18 aromatic carbocycles. The van der Waals surface area contributed by atoms with Crippen molar-refractivity contribution in [2.45, 2.75) is 10.8 Å². The second kappa shape index (κ2) is 29.7. The Hall–Kier alpha value is -15.7. The van der Waals surface area contributed by atoms with Gasteiger partial charge in [0.2, 0.25) is 0 Å². The van der Waals surface area contributed by atoms with Gasteiger partial charge in [0.05, 0.1) is 10.8 Å². The van der Waals surface area contributed by atoms with E-state index in [-0.39, 0.29) is 0 Å². The number of aromatic nitrogens is 6. The SMILES string of the molecule is c1ccc(-c2nc(-c3ccccc3)nc(-c3cccc(-c4cccc(-c5cccc6sc7ccc(C8(c9ccccc9)c9ccccc9-c9ccccc98)cc7c56)c4)c3)n2)cc1.c1ccc(-c2nc(-c3ccccc3)nc(-c3cccc4c(-c5cccc6oc7cc(C8(c9ccccc9)c9ccccc9-c9ccccc98)ccc7c56)cccc34)n2)cc1. The number of furan rings is 1. The molecule has 0 amide bonds. The maximum absolute atomic E-state index is 6.86. The van der Waals surface area contributed by atoms with Crippen molar-refractivity contribution in [3.8, 4) is 124 Å². The maximum atomic E-state index is 6.86. The van der Waals surface area contributed by atoms with Gasteiger partial charge in [-0.3, -0.25) is 0 Å². The molecular weight excluding hydrogens is 1500 g/mol. The molecule has 0 saturated carbocycles. The number of benzene rings is 18. The molecular formula is C114H72N6OS. The van der Waals surface area contributed by atoms with E-state index in [0.717, 1.165) is 88.3 Å². The van der Waals surface area contributed by atoms with Crippen molar-refractivity contribution in [2.75, 3.05) is 0 Å². The van der Waals surface area contributed by atoms with Crippen molar-refractivity contribution >= 4 is 64.2 Å². The van der Waals surface area contributed by atoms with Gasteiger partial charge in [0.25, 0.3) is 0 Å². The summed E-state index contributed by atoms with van der Waals surface area (Å²) in [5.74, 6) is 3.85. The first-order valence-corrected chi connectivity index (χ1v) is 42.2. The number of thiophene rings is 1. The normalized spacial score (nSPS) is 12.7. The molecule has 0 aliphatic heterocycles. The molecule has 2 aliphatic rings. The summed E-state index contributed by atoms with van der Waals surface area (Å²) in [6.07, 6.45) is 0. The molecule has 7 nitrogen and oxygen atoms in total. The smallest absolute Gasteiger partial charge is 0.164 e. The third kappa shape index (κ3) is 11.9. The highest BCUT2D eigenvalue weighted by Crippen LogP contribution is 2.59. The average molecular weight is 1570 g/mol. The zero-order valence-electron chi connectivity index (χ0n) is 66.1. The maximum Gasteiger partial charge on any atom is 0.164 e. The molecule has 24 rings (SSSR count). The third-order valence-corrected chi connectivity index (χ3v) is 25.8. The topological polar surface area (TPSA) is 90.5 Å². The molecule has 22 aromatic rings. The predicted octanol–water partition coefficient (Wildman–Crippen LogP) is 28.9. The Balaban J connectivity index is 0.000000142. The summed E-state index contributed by atoms with van der Waals surface area (Å²) in [4.78, 5) is 30.1. The van der Waals surface area contributed by atoms with Gasteiger partial charge in [-0.05, 0) is 153 Å². The molecule has 0 saturated heterocycles. The van der Waals surface area contributed by atoms with E-state index < -0.39 is 10.8 Å². The number of hydrogen-bond acceptors (Lipinski definition) is 8. The van der Waals surface area contributed by atoms with E-state index in [1.165, 1.54) is 98.1 Å². The minimum atomic E-state index is -0.508. The fourth-order valence-corrected chi connectivity index (χ4v) is 20.4. The Morgan fingerprint density at radius 3 is 1.04 bits per heavy atom. The molecule has 0 radical (unpaired) electrons. The molecule has 8 heteroatoms. The number of fused-ring (bicyclic) bond motifs is 13. The highest BCUT2D eigenvalue weighted by molar-refractivity contribution is 7.26. The first kappa shape index (κ1) is 71.6. The number of rotatable bonds is 13. The van der Waals surface area contributed by atoms with Gasteiger partial charge < -0.3 is 4.42 Å². The molecule has 0 unspecified atom stereocenters. The quantitative estimate of drug-likeness (QED) is 0.114. The fourth-order valence-electron chi connectivity index (χ4n) is 19.3. The minimum absolute atomic E-state index is 0.459. The summed E-state index contributed by atoms with van der Waals surface area (Å²) in [6.45, 7) is 0. The molecule has 0 N–H and O–H groups in total. The standard InChI is InChI=1S/C58H37N3S.C56H35N3O/c1-4-17-38(18-5-1)55-59-56(39-19-6-2-7-20-39)61-57(60-55)43-24-15-22-41(36-43)40-21-14-23-42(35-40)46-29-16-32-53-54(46)49-37-45(33-34-52(49)62-53)58(44-25-8-3-9-26-44)50-30-12-10-27-47(50)48-28-11-13-31-51(48)58;1-4-17-36(18-5-1)53-57-54(37-19-6-2-7-20-37)59-55(58-53)46-29-15-25-40-41(26-14-27-42(40)46)45-28-16-32-50-52(45)47-34-33-39(35-51(47)60-50)56(38-21-8-3-9-22-38)48-30-12-10-23-43(48)44-24-11-13-31-49(44)56/h1-37H;1-35H. The van der Waals surface area contributed by atoms with Gasteiger partial charge in [-0.2, -0.15) is 0 Å². The summed E-state index contributed by atoms with van der Waals surface area (Å²) in [5, 5.41) is 6.91. The lowest BCUT2D eigenvalue weighted by Crippen LogP contribution is -2.28. The fraction of sp³-hybridized carbons (Fsp3) is 0.0175. The zero-order chi connectivity index (χ0) is 80.7. The largest absolute Gasteiger partial charge is 0.456 e. The van der Waals surface area contributed by atoms with Gasteiger partial charge in [0, 0.05) is 64.3 Å². The second-order valence-corrected chi connectivity index (χ2v) is 32.4. The van der Waals surface area contributed by atoms with Crippen molar-refractivity contribution in [1.82, 2.24) is 29.9 Å². The van der Waals surface area contributed by atoms with Crippen molar-refractivity contribution in [3.63, 3.8) is 0 Å². The molecule has 4 aromatic heterocycles. The van der Waals surface area contributed by atoms with Crippen LogP contribution >= 0.6 is 11.3 Å². The van der Waals surface area contributed by atoms with Gasteiger partial charge >= 0.3 is 0 Å². The van der Waals surface area contributed by atoms with E-state index in [9.17, 15) is 0 Å². The van der Waals surface area contributed by atoms with E-state index in [4.69, 9.17) is 34.3 Å². The van der Waals surface area contributed by atoms with Crippen molar-refractivity contribution < 1.29 is 4.42 Å². The number of nitrogens with zero attached hydrogens (tertiary/aromatic N) is 6. The van der Waals surface area contributed by atoms with Crippen LogP contribution in [0.1, 0.15) is 44.5 Å². The van der Waals surface area contributed by atoms with Crippen LogP contribution < -0.4 is 0 Å². The van der Waals surface area contributed by atoms with E-state index in [2.05, 4.69) is 315 Å². The molecule has 0 spiro atoms. The van der Waals surface area contributed by atoms with Crippen LogP contribution in [0.5, 0.6) is 0 Å². The molecule has 0 atom stereocenters. The predicted molar refractivity (Wildman–Crippen MR) is 501 cm³/mol. The van der Waals surface area contributed by atoms with Crippen LogP contribution in [0.25, 0.3) is 177 Å². The summed E-state index contributed by atoms with van der Waals surface area (Å²) in [5.41, 5.74) is 28.6. The highest BCUT2D eigenvalue weighted by Gasteiger charge is 2.48. The molecule has 2 aliphatic carbocycles. The van der Waals surface area contributed by atoms with Crippen molar-refractivity contribution in [1.29, 1.82) is 0 Å². The first-order chi connectivity index (χ1) is 60.5. The second-order valence-electron chi connectivity index (χ2n) is 31.3. The highest BCUT2D eigenvalue weighted by atomic mass is 32.1. The Labute approximate surface area is 709 Å². The Bertz CT molecular complexity index is 7620. The molecule has 570 valence electrons. The van der Waals surface area contributed by atoms with Crippen LogP contribution in [0.3, 0.4) is 0 Å². The summed E-state index contributed by atoms with van der Waals surface area (Å²) in [6, 6.07) is 156. The Kier molecular flexibility index (Phi) is 17.4. The Morgan fingerprint density at radius 2 is 0.533 bits per heavy atom. The van der Waals surface area contributed by atoms with Gasteiger partial charge in [-0.15, -0.1) is 11.3 Å². The van der Waals surface area contributed by atoms with Crippen LogP contribution in [-0.2, 0) is 10.8 Å². The molecule has 0 fully saturated rings. The van der Waals surface area contributed by atoms with Crippen LogP contribution in [0.15, 0.2) is 441 Å². The number of hydrogen-bond donors (Lipinski definition) is 0. The van der Waals surface area contributed by atoms with E-state index >= 15 is 0 Å². The van der Waals surface area contributed by atoms with Gasteiger partial charge in [-0.1, -0.05) is 394 Å². The molecule has 122 heavy (non-hydrogen) atoms. The average Bonchev–Trinajstić information content (AvgIpc) is 1.54. The van der Waals surface area contributed by atoms with Crippen molar-refractivity contribution in [3.05, 3.63) is 481 Å². The summed E-state index contributed by atoms with van der Waals surface area (Å²) >= 11 is 1.87. The Morgan fingerprint density at radius 1 is 0.180 bits per heavy atom. The zero-order valence-corrected chi connectivity index (χ0v) is 66.9. The van der Waals surface area contributed by atoms with Gasteiger partial charge in [0.15, 0.2) is 34.9 Å². The third-order valence-electron chi connectivity index (χ3n) is 24.7. The van der Waals surface area contributed by atoms with Crippen LogP contribution in [0.2, 0.25) is 0 Å². The van der Waals surface area contributed by atoms with Gasteiger partial charge in [0.1, 0.15) is 11.2 Å². The van der Waals surface area contributed by atoms with Crippen molar-refractivity contribution in [2.24, 2.45) is 0 Å². The molecule has 4 heterocycles. The molecule has 0 bridgehead atoms.